The fraction of sp³-hybridized carbons (Fsp3) is 0.458. The van der Waals surface area contributed by atoms with Gasteiger partial charge in [-0.1, -0.05) is 32.0 Å². The standard InChI is InChI=1S/C24H32N2O4S/c1-17(2)21-8-6-19(4)23(15-21)30-16-24(27)25-10-12-26(13-11-25)31(28,29)22-9-7-18(3)20(5)14-22/h6-9,14-15,17H,10-13,16H2,1-5H3. The highest BCUT2D eigenvalue weighted by Crippen LogP contribution is 2.25. The second kappa shape index (κ2) is 9.40. The number of nitrogens with zero attached hydrogens (tertiary/aromatic N) is 2. The Labute approximate surface area is 185 Å². The predicted octanol–water partition coefficient (Wildman–Crippen LogP) is 3.65. The van der Waals surface area contributed by atoms with Gasteiger partial charge in [0.05, 0.1) is 4.90 Å². The zero-order chi connectivity index (χ0) is 22.8. The number of carbonyl (C=O) groups is 1. The van der Waals surface area contributed by atoms with Gasteiger partial charge in [-0.15, -0.1) is 0 Å². The van der Waals surface area contributed by atoms with Crippen LogP contribution in [0.15, 0.2) is 41.3 Å². The van der Waals surface area contributed by atoms with E-state index in [9.17, 15) is 13.2 Å². The molecule has 2 aromatic rings. The van der Waals surface area contributed by atoms with Gasteiger partial charge in [-0.2, -0.15) is 4.31 Å². The number of benzene rings is 2. The number of rotatable bonds is 6. The van der Waals surface area contributed by atoms with Crippen molar-refractivity contribution in [1.29, 1.82) is 0 Å². The summed E-state index contributed by atoms with van der Waals surface area (Å²) in [6.07, 6.45) is 0. The lowest BCUT2D eigenvalue weighted by Crippen LogP contribution is -2.51. The third-order valence-electron chi connectivity index (χ3n) is 5.94. The first-order chi connectivity index (χ1) is 14.6. The highest BCUT2D eigenvalue weighted by atomic mass is 32.2. The molecule has 7 heteroatoms. The zero-order valence-electron chi connectivity index (χ0n) is 19.0. The Hall–Kier alpha value is -2.38. The maximum absolute atomic E-state index is 13.0. The maximum atomic E-state index is 13.0. The van der Waals surface area contributed by atoms with Crippen LogP contribution in [0.4, 0.5) is 0 Å². The van der Waals surface area contributed by atoms with E-state index in [1.807, 2.05) is 39.0 Å². The quantitative estimate of drug-likeness (QED) is 0.682. The second-order valence-electron chi connectivity index (χ2n) is 8.50. The van der Waals surface area contributed by atoms with Crippen LogP contribution in [-0.4, -0.2) is 56.3 Å². The van der Waals surface area contributed by atoms with Crippen molar-refractivity contribution in [2.45, 2.75) is 45.4 Å². The smallest absolute Gasteiger partial charge is 0.260 e. The van der Waals surface area contributed by atoms with Crippen LogP contribution in [0.3, 0.4) is 0 Å². The number of carbonyl (C=O) groups excluding carboxylic acids is 1. The summed E-state index contributed by atoms with van der Waals surface area (Å²) < 4.78 is 33.2. The molecule has 0 spiro atoms. The van der Waals surface area contributed by atoms with Crippen molar-refractivity contribution in [1.82, 2.24) is 9.21 Å². The van der Waals surface area contributed by atoms with Gasteiger partial charge in [0.15, 0.2) is 6.61 Å². The third kappa shape index (κ3) is 5.28. The van der Waals surface area contributed by atoms with Crippen LogP contribution < -0.4 is 4.74 Å². The molecule has 2 aromatic carbocycles. The van der Waals surface area contributed by atoms with Crippen LogP contribution in [0.25, 0.3) is 0 Å². The number of ether oxygens (including phenoxy) is 1. The van der Waals surface area contributed by atoms with E-state index in [2.05, 4.69) is 19.9 Å². The SMILES string of the molecule is Cc1ccc(S(=O)(=O)N2CCN(C(=O)COc3cc(C(C)C)ccc3C)CC2)cc1C. The largest absolute Gasteiger partial charge is 0.483 e. The lowest BCUT2D eigenvalue weighted by atomic mass is 10.0. The fourth-order valence-electron chi connectivity index (χ4n) is 3.56. The number of hydrogen-bond acceptors (Lipinski definition) is 4. The lowest BCUT2D eigenvalue weighted by Gasteiger charge is -2.34. The first-order valence-corrected chi connectivity index (χ1v) is 12.1. The van der Waals surface area contributed by atoms with E-state index in [1.165, 1.54) is 9.87 Å². The van der Waals surface area contributed by atoms with E-state index < -0.39 is 10.0 Å². The van der Waals surface area contributed by atoms with Gasteiger partial charge in [0.2, 0.25) is 10.0 Å². The van der Waals surface area contributed by atoms with Gasteiger partial charge in [-0.3, -0.25) is 4.79 Å². The van der Waals surface area contributed by atoms with Crippen LogP contribution >= 0.6 is 0 Å². The van der Waals surface area contributed by atoms with Gasteiger partial charge < -0.3 is 9.64 Å². The van der Waals surface area contributed by atoms with Crippen molar-refractivity contribution in [2.75, 3.05) is 32.8 Å². The second-order valence-corrected chi connectivity index (χ2v) is 10.4. The van der Waals surface area contributed by atoms with E-state index in [0.717, 1.165) is 22.4 Å². The minimum absolute atomic E-state index is 0.0493. The molecule has 1 amide bonds. The fourth-order valence-corrected chi connectivity index (χ4v) is 5.07. The van der Waals surface area contributed by atoms with E-state index >= 15 is 0 Å². The zero-order valence-corrected chi connectivity index (χ0v) is 19.8. The Morgan fingerprint density at radius 1 is 0.935 bits per heavy atom. The number of hydrogen-bond donors (Lipinski definition) is 0. The van der Waals surface area contributed by atoms with Crippen molar-refractivity contribution in [2.24, 2.45) is 0 Å². The summed E-state index contributed by atoms with van der Waals surface area (Å²) in [4.78, 5) is 14.6. The summed E-state index contributed by atoms with van der Waals surface area (Å²) in [6, 6.07) is 11.3. The molecule has 1 aliphatic heterocycles. The highest BCUT2D eigenvalue weighted by Gasteiger charge is 2.30. The van der Waals surface area contributed by atoms with E-state index in [1.54, 1.807) is 17.0 Å². The Kier molecular flexibility index (Phi) is 7.06. The van der Waals surface area contributed by atoms with Gasteiger partial charge >= 0.3 is 0 Å². The minimum atomic E-state index is -3.56. The van der Waals surface area contributed by atoms with Crippen LogP contribution in [0, 0.1) is 20.8 Å². The molecule has 168 valence electrons. The molecule has 31 heavy (non-hydrogen) atoms. The molecule has 1 saturated heterocycles. The number of sulfonamides is 1. The predicted molar refractivity (Wildman–Crippen MR) is 122 cm³/mol. The molecule has 0 unspecified atom stereocenters. The van der Waals surface area contributed by atoms with Gasteiger partial charge in [-0.05, 0) is 67.1 Å². The molecular formula is C24H32N2O4S. The first kappa shape index (κ1) is 23.3. The molecule has 0 radical (unpaired) electrons. The lowest BCUT2D eigenvalue weighted by molar-refractivity contribution is -0.134. The van der Waals surface area contributed by atoms with E-state index in [0.29, 0.717) is 23.9 Å². The molecule has 1 aliphatic rings. The highest BCUT2D eigenvalue weighted by molar-refractivity contribution is 7.89. The third-order valence-corrected chi connectivity index (χ3v) is 7.83. The molecular weight excluding hydrogens is 412 g/mol. The van der Waals surface area contributed by atoms with Crippen LogP contribution in [0.2, 0.25) is 0 Å². The molecule has 0 bridgehead atoms. The molecule has 3 rings (SSSR count). The van der Waals surface area contributed by atoms with Gasteiger partial charge in [0, 0.05) is 26.2 Å². The molecule has 0 N–H and O–H groups in total. The van der Waals surface area contributed by atoms with Crippen molar-refractivity contribution in [3.8, 4) is 5.75 Å². The number of aryl methyl sites for hydroxylation is 3. The monoisotopic (exact) mass is 444 g/mol. The number of piperazine rings is 1. The number of amides is 1. The summed E-state index contributed by atoms with van der Waals surface area (Å²) in [5.74, 6) is 0.971. The summed E-state index contributed by atoms with van der Waals surface area (Å²) in [5.41, 5.74) is 4.16. The van der Waals surface area contributed by atoms with Crippen molar-refractivity contribution in [3.05, 3.63) is 58.7 Å². The Morgan fingerprint density at radius 2 is 1.58 bits per heavy atom. The Bertz CT molecular complexity index is 1060. The van der Waals surface area contributed by atoms with Crippen molar-refractivity contribution < 1.29 is 17.9 Å². The summed E-state index contributed by atoms with van der Waals surface area (Å²) in [5, 5.41) is 0. The molecule has 0 aromatic heterocycles. The Balaban J connectivity index is 1.59. The summed E-state index contributed by atoms with van der Waals surface area (Å²) >= 11 is 0. The summed E-state index contributed by atoms with van der Waals surface area (Å²) in [7, 11) is -3.56. The van der Waals surface area contributed by atoms with Gasteiger partial charge in [0.1, 0.15) is 5.75 Å². The normalized spacial score (nSPS) is 15.4. The molecule has 1 heterocycles. The van der Waals surface area contributed by atoms with Crippen LogP contribution in [0.1, 0.15) is 42.0 Å². The molecule has 0 atom stereocenters. The van der Waals surface area contributed by atoms with Crippen molar-refractivity contribution in [3.63, 3.8) is 0 Å². The average Bonchev–Trinajstić information content (AvgIpc) is 2.74. The van der Waals surface area contributed by atoms with Crippen LogP contribution in [0.5, 0.6) is 5.75 Å². The van der Waals surface area contributed by atoms with Gasteiger partial charge in [0.25, 0.3) is 5.91 Å². The molecule has 0 aliphatic carbocycles. The Morgan fingerprint density at radius 3 is 2.19 bits per heavy atom. The molecule has 6 nitrogen and oxygen atoms in total. The minimum Gasteiger partial charge on any atom is -0.483 e. The molecule has 1 fully saturated rings. The van der Waals surface area contributed by atoms with Crippen LogP contribution in [-0.2, 0) is 14.8 Å². The average molecular weight is 445 g/mol. The van der Waals surface area contributed by atoms with E-state index in [4.69, 9.17) is 4.74 Å². The van der Waals surface area contributed by atoms with Gasteiger partial charge in [-0.25, -0.2) is 8.42 Å². The topological polar surface area (TPSA) is 66.9 Å². The van der Waals surface area contributed by atoms with Crippen molar-refractivity contribution >= 4 is 15.9 Å². The maximum Gasteiger partial charge on any atom is 0.260 e. The van der Waals surface area contributed by atoms with E-state index in [-0.39, 0.29) is 25.6 Å². The molecule has 0 saturated carbocycles. The summed E-state index contributed by atoms with van der Waals surface area (Å²) in [6.45, 7) is 11.3. The first-order valence-electron chi connectivity index (χ1n) is 10.7.